The first-order valence-electron chi connectivity index (χ1n) is 7.68. The molecule has 136 valence electrons. The van der Waals surface area contributed by atoms with Gasteiger partial charge >= 0.3 is 0 Å². The Balaban J connectivity index is 1.55. The molecule has 0 spiro atoms. The summed E-state index contributed by atoms with van der Waals surface area (Å²) in [5.41, 5.74) is 0.804. The van der Waals surface area contributed by atoms with Gasteiger partial charge in [-0.05, 0) is 48.9 Å². The van der Waals surface area contributed by atoms with Crippen LogP contribution >= 0.6 is 38.9 Å². The van der Waals surface area contributed by atoms with Gasteiger partial charge in [-0.1, -0.05) is 38.9 Å². The largest absolute Gasteiger partial charge is 0.302 e. The zero-order valence-corrected chi connectivity index (χ0v) is 17.4. The van der Waals surface area contributed by atoms with Gasteiger partial charge in [0.1, 0.15) is 0 Å². The van der Waals surface area contributed by atoms with Crippen molar-refractivity contribution < 1.29 is 13.2 Å². The number of aromatic nitrogens is 1. The van der Waals surface area contributed by atoms with E-state index in [4.69, 9.17) is 11.6 Å². The van der Waals surface area contributed by atoms with Gasteiger partial charge in [0.15, 0.2) is 15.0 Å². The van der Waals surface area contributed by atoms with Crippen LogP contribution in [0, 0.1) is 0 Å². The molecule has 1 aromatic heterocycles. The van der Waals surface area contributed by atoms with Crippen LogP contribution in [-0.4, -0.2) is 25.1 Å². The van der Waals surface area contributed by atoms with Crippen molar-refractivity contribution >= 4 is 70.0 Å². The SMILES string of the molecule is O=C(CCCS(=O)(=O)c1ccc(Cl)cc1)Nc1nc2ccc(Br)cc2s1. The van der Waals surface area contributed by atoms with E-state index in [1.165, 1.54) is 35.6 Å². The third-order valence-electron chi connectivity index (χ3n) is 3.59. The first kappa shape index (κ1) is 19.3. The molecule has 0 aliphatic heterocycles. The van der Waals surface area contributed by atoms with E-state index in [0.29, 0.717) is 10.2 Å². The summed E-state index contributed by atoms with van der Waals surface area (Å²) in [5.74, 6) is -0.357. The number of hydrogen-bond acceptors (Lipinski definition) is 5. The smallest absolute Gasteiger partial charge is 0.226 e. The van der Waals surface area contributed by atoms with Gasteiger partial charge in [-0.15, -0.1) is 0 Å². The summed E-state index contributed by atoms with van der Waals surface area (Å²) < 4.78 is 26.4. The predicted molar refractivity (Wildman–Crippen MR) is 109 cm³/mol. The van der Waals surface area contributed by atoms with Crippen molar-refractivity contribution in [2.45, 2.75) is 17.7 Å². The average Bonchev–Trinajstić information content (AvgIpc) is 2.96. The summed E-state index contributed by atoms with van der Waals surface area (Å²) in [5, 5.41) is 3.71. The minimum Gasteiger partial charge on any atom is -0.302 e. The van der Waals surface area contributed by atoms with Crippen LogP contribution in [0.15, 0.2) is 51.8 Å². The fourth-order valence-electron chi connectivity index (χ4n) is 2.32. The number of sulfone groups is 1. The zero-order valence-electron chi connectivity index (χ0n) is 13.4. The molecule has 26 heavy (non-hydrogen) atoms. The summed E-state index contributed by atoms with van der Waals surface area (Å²) in [6.07, 6.45) is 0.333. The van der Waals surface area contributed by atoms with Crippen molar-refractivity contribution in [3.05, 3.63) is 52.0 Å². The number of carbonyl (C=O) groups is 1. The Labute approximate surface area is 168 Å². The van der Waals surface area contributed by atoms with Gasteiger partial charge in [-0.25, -0.2) is 13.4 Å². The molecular formula is C17H14BrClN2O3S2. The molecule has 0 saturated heterocycles. The Bertz CT molecular complexity index is 1050. The number of halogens is 2. The molecule has 3 rings (SSSR count). The second-order valence-corrected chi connectivity index (χ2v) is 10.0. The average molecular weight is 474 g/mol. The van der Waals surface area contributed by atoms with Crippen LogP contribution in [0.5, 0.6) is 0 Å². The van der Waals surface area contributed by atoms with E-state index in [2.05, 4.69) is 26.2 Å². The van der Waals surface area contributed by atoms with Crippen LogP contribution in [-0.2, 0) is 14.6 Å². The van der Waals surface area contributed by atoms with Gasteiger partial charge in [0, 0.05) is 15.9 Å². The van der Waals surface area contributed by atoms with E-state index >= 15 is 0 Å². The molecule has 9 heteroatoms. The van der Waals surface area contributed by atoms with Crippen molar-refractivity contribution in [2.75, 3.05) is 11.1 Å². The Kier molecular flexibility index (Phi) is 5.96. The van der Waals surface area contributed by atoms with Gasteiger partial charge in [-0.2, -0.15) is 0 Å². The lowest BCUT2D eigenvalue weighted by Crippen LogP contribution is -2.14. The minimum atomic E-state index is -3.43. The Morgan fingerprint density at radius 1 is 1.19 bits per heavy atom. The van der Waals surface area contributed by atoms with Crippen LogP contribution in [0.2, 0.25) is 5.02 Å². The van der Waals surface area contributed by atoms with Crippen LogP contribution in [0.25, 0.3) is 10.2 Å². The van der Waals surface area contributed by atoms with Gasteiger partial charge in [0.2, 0.25) is 5.91 Å². The highest BCUT2D eigenvalue weighted by Crippen LogP contribution is 2.28. The maximum atomic E-state index is 12.2. The summed E-state index contributed by atoms with van der Waals surface area (Å²) in [6, 6.07) is 11.7. The summed E-state index contributed by atoms with van der Waals surface area (Å²) in [6.45, 7) is 0. The van der Waals surface area contributed by atoms with Crippen LogP contribution in [0.4, 0.5) is 5.13 Å². The lowest BCUT2D eigenvalue weighted by Gasteiger charge is -2.05. The molecule has 0 aliphatic carbocycles. The van der Waals surface area contributed by atoms with Gasteiger partial charge < -0.3 is 5.32 Å². The maximum absolute atomic E-state index is 12.2. The molecule has 3 aromatic rings. The number of thiazole rings is 1. The number of rotatable bonds is 6. The minimum absolute atomic E-state index is 0.102. The summed E-state index contributed by atoms with van der Waals surface area (Å²) in [7, 11) is -3.43. The highest BCUT2D eigenvalue weighted by Gasteiger charge is 2.15. The van der Waals surface area contributed by atoms with Gasteiger partial charge in [0.05, 0.1) is 20.9 Å². The molecular weight excluding hydrogens is 460 g/mol. The van der Waals surface area contributed by atoms with E-state index in [1.54, 1.807) is 0 Å². The molecule has 2 aromatic carbocycles. The monoisotopic (exact) mass is 472 g/mol. The summed E-state index contributed by atoms with van der Waals surface area (Å²) in [4.78, 5) is 16.6. The number of carbonyl (C=O) groups excluding carboxylic acids is 1. The van der Waals surface area contributed by atoms with E-state index in [-0.39, 0.29) is 29.4 Å². The molecule has 1 N–H and O–H groups in total. The van der Waals surface area contributed by atoms with E-state index in [0.717, 1.165) is 14.7 Å². The third kappa shape index (κ3) is 4.82. The fourth-order valence-corrected chi connectivity index (χ4v) is 5.19. The first-order chi connectivity index (χ1) is 12.3. The van der Waals surface area contributed by atoms with E-state index < -0.39 is 9.84 Å². The number of nitrogens with zero attached hydrogens (tertiary/aromatic N) is 1. The molecule has 0 radical (unpaired) electrons. The van der Waals surface area contributed by atoms with Crippen molar-refractivity contribution in [3.8, 4) is 0 Å². The van der Waals surface area contributed by atoms with Crippen LogP contribution < -0.4 is 5.32 Å². The van der Waals surface area contributed by atoms with Crippen LogP contribution in [0.3, 0.4) is 0 Å². The molecule has 1 heterocycles. The molecule has 0 atom stereocenters. The highest BCUT2D eigenvalue weighted by atomic mass is 79.9. The van der Waals surface area contributed by atoms with Crippen molar-refractivity contribution in [1.82, 2.24) is 4.98 Å². The molecule has 0 fully saturated rings. The molecule has 0 aliphatic rings. The Morgan fingerprint density at radius 3 is 2.65 bits per heavy atom. The van der Waals surface area contributed by atoms with Crippen molar-refractivity contribution in [1.29, 1.82) is 0 Å². The van der Waals surface area contributed by atoms with Crippen LogP contribution in [0.1, 0.15) is 12.8 Å². The predicted octanol–water partition coefficient (Wildman–Crippen LogP) is 4.90. The topological polar surface area (TPSA) is 76.1 Å². The highest BCUT2D eigenvalue weighted by molar-refractivity contribution is 9.10. The van der Waals surface area contributed by atoms with Gasteiger partial charge in [-0.3, -0.25) is 4.79 Å². The maximum Gasteiger partial charge on any atom is 0.226 e. The number of amides is 1. The van der Waals surface area contributed by atoms with Gasteiger partial charge in [0.25, 0.3) is 0 Å². The standard InChI is InChI=1S/C17H14BrClN2O3S2/c18-11-3-8-14-15(10-11)25-17(20-14)21-16(22)2-1-9-26(23,24)13-6-4-12(19)5-7-13/h3-8,10H,1-2,9H2,(H,20,21,22). The Morgan fingerprint density at radius 2 is 1.92 bits per heavy atom. The third-order valence-corrected chi connectivity index (χ3v) is 7.08. The second kappa shape index (κ2) is 8.04. The number of fused-ring (bicyclic) bond motifs is 1. The molecule has 1 amide bonds. The lowest BCUT2D eigenvalue weighted by atomic mass is 10.3. The number of nitrogens with one attached hydrogen (secondary N) is 1. The first-order valence-corrected chi connectivity index (χ1v) is 11.3. The van der Waals surface area contributed by atoms with E-state index in [1.807, 2.05) is 18.2 Å². The molecule has 0 bridgehead atoms. The quantitative estimate of drug-likeness (QED) is 0.552. The number of benzene rings is 2. The number of hydrogen-bond donors (Lipinski definition) is 1. The van der Waals surface area contributed by atoms with Crippen molar-refractivity contribution in [3.63, 3.8) is 0 Å². The zero-order chi connectivity index (χ0) is 18.7. The van der Waals surface area contributed by atoms with E-state index in [9.17, 15) is 13.2 Å². The fraction of sp³-hybridized carbons (Fsp3) is 0.176. The molecule has 0 saturated carbocycles. The Hall–Kier alpha value is -1.48. The normalized spacial score (nSPS) is 11.6. The lowest BCUT2D eigenvalue weighted by molar-refractivity contribution is -0.116. The number of anilines is 1. The molecule has 5 nitrogen and oxygen atoms in total. The summed E-state index contributed by atoms with van der Waals surface area (Å²) >= 11 is 10.5. The van der Waals surface area contributed by atoms with Crippen molar-refractivity contribution in [2.24, 2.45) is 0 Å². The molecule has 0 unspecified atom stereocenters. The second-order valence-electron chi connectivity index (χ2n) is 5.56.